The van der Waals surface area contributed by atoms with Crippen molar-refractivity contribution in [2.24, 2.45) is 5.92 Å². The predicted octanol–water partition coefficient (Wildman–Crippen LogP) is 4.34. The van der Waals surface area contributed by atoms with E-state index >= 15 is 0 Å². The molecule has 3 fully saturated rings. The van der Waals surface area contributed by atoms with E-state index in [1.54, 1.807) is 0 Å². The van der Waals surface area contributed by atoms with E-state index in [2.05, 4.69) is 10.2 Å². The Kier molecular flexibility index (Phi) is 6.42. The summed E-state index contributed by atoms with van der Waals surface area (Å²) in [5.41, 5.74) is 0. The topological polar surface area (TPSA) is 15.3 Å². The summed E-state index contributed by atoms with van der Waals surface area (Å²) in [6.07, 6.45) is 19.2. The Morgan fingerprint density at radius 2 is 1.24 bits per heavy atom. The zero-order chi connectivity index (χ0) is 14.3. The number of likely N-dealkylation sites (tertiary alicyclic amines) is 1. The number of piperidine rings is 1. The van der Waals surface area contributed by atoms with Gasteiger partial charge in [-0.2, -0.15) is 0 Å². The minimum atomic E-state index is 0.820. The second-order valence-corrected chi connectivity index (χ2v) is 7.83. The van der Waals surface area contributed by atoms with E-state index in [1.165, 1.54) is 103 Å². The van der Waals surface area contributed by atoms with Crippen molar-refractivity contribution < 1.29 is 0 Å². The van der Waals surface area contributed by atoms with E-state index in [0.29, 0.717) is 0 Å². The number of hydrogen-bond acceptors (Lipinski definition) is 2. The molecule has 3 rings (SSSR count). The Morgan fingerprint density at radius 1 is 0.619 bits per heavy atom. The molecule has 0 spiro atoms. The van der Waals surface area contributed by atoms with Crippen molar-refractivity contribution in [3.63, 3.8) is 0 Å². The van der Waals surface area contributed by atoms with Crippen LogP contribution in [-0.2, 0) is 0 Å². The molecule has 21 heavy (non-hydrogen) atoms. The van der Waals surface area contributed by atoms with Crippen molar-refractivity contribution in [3.05, 3.63) is 0 Å². The molecule has 2 saturated heterocycles. The lowest BCUT2D eigenvalue weighted by Gasteiger charge is -2.28. The Morgan fingerprint density at radius 3 is 1.86 bits per heavy atom. The van der Waals surface area contributed by atoms with E-state index in [0.717, 1.165) is 18.0 Å². The molecule has 2 nitrogen and oxygen atoms in total. The Labute approximate surface area is 132 Å². The number of hydrogen-bond donors (Lipinski definition) is 1. The molecule has 0 aromatic heterocycles. The first-order valence-electron chi connectivity index (χ1n) is 9.91. The molecule has 1 saturated carbocycles. The summed E-state index contributed by atoms with van der Waals surface area (Å²) in [5.74, 6) is 0.958. The van der Waals surface area contributed by atoms with Crippen LogP contribution in [0.25, 0.3) is 0 Å². The van der Waals surface area contributed by atoms with Crippen molar-refractivity contribution >= 4 is 0 Å². The quantitative estimate of drug-likeness (QED) is 0.773. The van der Waals surface area contributed by atoms with Crippen molar-refractivity contribution in [3.8, 4) is 0 Å². The summed E-state index contributed by atoms with van der Waals surface area (Å²) in [4.78, 5) is 2.87. The minimum Gasteiger partial charge on any atom is -0.312 e. The highest BCUT2D eigenvalue weighted by atomic mass is 15.2. The molecular weight excluding hydrogens is 256 g/mol. The van der Waals surface area contributed by atoms with Gasteiger partial charge in [0.05, 0.1) is 0 Å². The molecule has 0 amide bonds. The van der Waals surface area contributed by atoms with Gasteiger partial charge in [-0.05, 0) is 38.1 Å². The van der Waals surface area contributed by atoms with E-state index in [-0.39, 0.29) is 0 Å². The van der Waals surface area contributed by atoms with Gasteiger partial charge in [-0.3, -0.25) is 4.90 Å². The molecule has 0 aromatic rings. The molecule has 1 aliphatic carbocycles. The zero-order valence-corrected chi connectivity index (χ0v) is 14.0. The van der Waals surface area contributed by atoms with Gasteiger partial charge in [0.25, 0.3) is 0 Å². The zero-order valence-electron chi connectivity index (χ0n) is 14.0. The molecule has 3 aliphatic rings. The van der Waals surface area contributed by atoms with Gasteiger partial charge in [0.1, 0.15) is 0 Å². The summed E-state index contributed by atoms with van der Waals surface area (Å²) >= 11 is 0. The number of nitrogens with one attached hydrogen (secondary N) is 1. The van der Waals surface area contributed by atoms with Gasteiger partial charge in [0.2, 0.25) is 0 Å². The number of rotatable bonds is 1. The van der Waals surface area contributed by atoms with Gasteiger partial charge >= 0.3 is 0 Å². The smallest absolute Gasteiger partial charge is 0.0235 e. The van der Waals surface area contributed by atoms with E-state index in [4.69, 9.17) is 0 Å². The lowest BCUT2D eigenvalue weighted by atomic mass is 9.94. The molecule has 2 atom stereocenters. The van der Waals surface area contributed by atoms with E-state index < -0.39 is 0 Å². The maximum atomic E-state index is 3.78. The van der Waals surface area contributed by atoms with Gasteiger partial charge in [-0.25, -0.2) is 0 Å². The minimum absolute atomic E-state index is 0.820. The highest BCUT2D eigenvalue weighted by Gasteiger charge is 2.36. The molecule has 2 unspecified atom stereocenters. The maximum absolute atomic E-state index is 3.78. The lowest BCUT2D eigenvalue weighted by molar-refractivity contribution is 0.200. The molecule has 0 radical (unpaired) electrons. The first-order chi connectivity index (χ1) is 10.4. The Bertz CT molecular complexity index is 265. The average molecular weight is 293 g/mol. The first kappa shape index (κ1) is 15.8. The molecule has 2 heterocycles. The molecule has 2 heteroatoms. The summed E-state index contributed by atoms with van der Waals surface area (Å²) in [6.45, 7) is 4.00. The lowest BCUT2D eigenvalue weighted by Crippen LogP contribution is -2.41. The Hall–Kier alpha value is -0.0800. The summed E-state index contributed by atoms with van der Waals surface area (Å²) in [6, 6.07) is 1.72. The van der Waals surface area contributed by atoms with Crippen molar-refractivity contribution in [2.45, 2.75) is 95.6 Å². The summed E-state index contributed by atoms with van der Waals surface area (Å²) in [7, 11) is 0. The number of fused-ring (bicyclic) bond motifs is 1. The third kappa shape index (κ3) is 4.69. The average Bonchev–Trinajstić information content (AvgIpc) is 2.91. The van der Waals surface area contributed by atoms with Crippen molar-refractivity contribution in [1.29, 1.82) is 0 Å². The molecule has 0 aromatic carbocycles. The summed E-state index contributed by atoms with van der Waals surface area (Å²) in [5, 5.41) is 3.78. The largest absolute Gasteiger partial charge is 0.312 e. The van der Waals surface area contributed by atoms with Gasteiger partial charge in [-0.1, -0.05) is 57.8 Å². The van der Waals surface area contributed by atoms with Crippen LogP contribution in [0, 0.1) is 5.92 Å². The summed E-state index contributed by atoms with van der Waals surface area (Å²) < 4.78 is 0. The molecule has 1 N–H and O–H groups in total. The molecule has 122 valence electrons. The van der Waals surface area contributed by atoms with Gasteiger partial charge in [-0.15, -0.1) is 0 Å². The Balaban J connectivity index is 1.50. The van der Waals surface area contributed by atoms with Gasteiger partial charge in [0.15, 0.2) is 0 Å². The van der Waals surface area contributed by atoms with Crippen LogP contribution < -0.4 is 5.32 Å². The monoisotopic (exact) mass is 292 g/mol. The number of nitrogens with zero attached hydrogens (tertiary/aromatic N) is 1. The highest BCUT2D eigenvalue weighted by molar-refractivity contribution is 4.94. The maximum Gasteiger partial charge on any atom is 0.0235 e. The van der Waals surface area contributed by atoms with Crippen LogP contribution in [-0.4, -0.2) is 36.6 Å². The van der Waals surface area contributed by atoms with Crippen molar-refractivity contribution in [2.75, 3.05) is 19.6 Å². The standard InChI is InChI=1S/C19H36N2/c1-2-4-6-8-12-18(13-9-7-5-3-1)21-15-17-11-10-14-20-19(17)16-21/h17-20H,1-16H2. The van der Waals surface area contributed by atoms with Crippen LogP contribution in [0.15, 0.2) is 0 Å². The SMILES string of the molecule is C1CCCCCC(N2CC3CCCNC3C2)CCCCC1. The molecule has 0 bridgehead atoms. The van der Waals surface area contributed by atoms with Crippen LogP contribution in [0.5, 0.6) is 0 Å². The van der Waals surface area contributed by atoms with Crippen LogP contribution in [0.2, 0.25) is 0 Å². The van der Waals surface area contributed by atoms with E-state index in [9.17, 15) is 0 Å². The van der Waals surface area contributed by atoms with Gasteiger partial charge < -0.3 is 5.32 Å². The third-order valence-electron chi connectivity index (χ3n) is 6.22. The van der Waals surface area contributed by atoms with E-state index in [1.807, 2.05) is 0 Å². The fraction of sp³-hybridized carbons (Fsp3) is 1.00. The molecular formula is C19H36N2. The fourth-order valence-corrected chi connectivity index (χ4v) is 4.89. The van der Waals surface area contributed by atoms with Crippen LogP contribution in [0.1, 0.15) is 83.5 Å². The third-order valence-corrected chi connectivity index (χ3v) is 6.22. The molecule has 2 aliphatic heterocycles. The second-order valence-electron chi connectivity index (χ2n) is 7.83. The predicted molar refractivity (Wildman–Crippen MR) is 90.7 cm³/mol. The van der Waals surface area contributed by atoms with Crippen LogP contribution >= 0.6 is 0 Å². The second kappa shape index (κ2) is 8.53. The van der Waals surface area contributed by atoms with Crippen molar-refractivity contribution in [1.82, 2.24) is 10.2 Å². The normalized spacial score (nSPS) is 34.9. The highest BCUT2D eigenvalue weighted by Crippen LogP contribution is 2.29. The van der Waals surface area contributed by atoms with Gasteiger partial charge in [0, 0.05) is 25.2 Å². The fourth-order valence-electron chi connectivity index (χ4n) is 4.89. The van der Waals surface area contributed by atoms with Crippen LogP contribution in [0.3, 0.4) is 0 Å². The van der Waals surface area contributed by atoms with Crippen LogP contribution in [0.4, 0.5) is 0 Å². The first-order valence-corrected chi connectivity index (χ1v) is 9.91.